The number of nitrogens with one attached hydrogen (secondary N) is 1. The molecule has 1 heterocycles. The Hall–Kier alpha value is -2.18. The van der Waals surface area contributed by atoms with Gasteiger partial charge in [-0.25, -0.2) is 13.2 Å². The Morgan fingerprint density at radius 2 is 1.67 bits per heavy atom. The van der Waals surface area contributed by atoms with Crippen molar-refractivity contribution in [1.82, 2.24) is 14.5 Å². The van der Waals surface area contributed by atoms with Crippen molar-refractivity contribution in [3.05, 3.63) is 29.8 Å². The Morgan fingerprint density at radius 3 is 2.09 bits per heavy atom. The minimum atomic E-state index is -5.08. The van der Waals surface area contributed by atoms with Gasteiger partial charge in [0.1, 0.15) is 0 Å². The molecule has 1 aliphatic rings. The molecule has 2 rings (SSSR count). The summed E-state index contributed by atoms with van der Waals surface area (Å²) < 4.78 is 58.9. The third-order valence-corrected chi connectivity index (χ3v) is 6.83. The monoisotopic (exact) mass is 495 g/mol. The zero-order valence-electron chi connectivity index (χ0n) is 19.1. The summed E-state index contributed by atoms with van der Waals surface area (Å²) in [5.41, 5.74) is 1.14. The number of carbonyl (C=O) groups is 2. The smallest absolute Gasteiger partial charge is 0.475 e. The van der Waals surface area contributed by atoms with Gasteiger partial charge in [-0.1, -0.05) is 32.9 Å². The molecule has 1 amide bonds. The lowest BCUT2D eigenvalue weighted by Gasteiger charge is -2.28. The molecule has 33 heavy (non-hydrogen) atoms. The topological polar surface area (TPSA) is 107 Å². The SMILES string of the molecule is CCN(CCC(=O)N1CCNCC1)S(=O)(=O)c1ccc(CC(C)C)cc1.O=C(O)C(F)(F)F. The number of nitrogens with zero attached hydrogens (tertiary/aromatic N) is 2. The molecule has 1 fully saturated rings. The van der Waals surface area contributed by atoms with Gasteiger partial charge in [0.2, 0.25) is 15.9 Å². The molecule has 8 nitrogen and oxygen atoms in total. The summed E-state index contributed by atoms with van der Waals surface area (Å²) >= 11 is 0. The number of halogens is 3. The first-order chi connectivity index (χ1) is 15.3. The van der Waals surface area contributed by atoms with E-state index >= 15 is 0 Å². The number of carboxylic acids is 1. The third-order valence-electron chi connectivity index (χ3n) is 4.85. The zero-order chi connectivity index (χ0) is 25.2. The number of carboxylic acid groups (broad SMARTS) is 1. The van der Waals surface area contributed by atoms with Crippen LogP contribution in [0, 0.1) is 5.92 Å². The minimum absolute atomic E-state index is 0.0208. The van der Waals surface area contributed by atoms with Gasteiger partial charge >= 0.3 is 12.1 Å². The lowest BCUT2D eigenvalue weighted by atomic mass is 10.0. The van der Waals surface area contributed by atoms with Crippen LogP contribution in [0.1, 0.15) is 32.8 Å². The van der Waals surface area contributed by atoms with Gasteiger partial charge in [0.15, 0.2) is 0 Å². The molecule has 1 aromatic rings. The van der Waals surface area contributed by atoms with Gasteiger partial charge in [0, 0.05) is 45.7 Å². The Labute approximate surface area is 192 Å². The minimum Gasteiger partial charge on any atom is -0.475 e. The van der Waals surface area contributed by atoms with E-state index in [-0.39, 0.29) is 18.9 Å². The number of sulfonamides is 1. The molecule has 0 spiro atoms. The molecule has 0 bridgehead atoms. The van der Waals surface area contributed by atoms with Crippen LogP contribution in [0.15, 0.2) is 29.2 Å². The Kier molecular flexibility index (Phi) is 11.3. The maximum Gasteiger partial charge on any atom is 0.490 e. The van der Waals surface area contributed by atoms with Crippen LogP contribution in [0.3, 0.4) is 0 Å². The second-order valence-electron chi connectivity index (χ2n) is 7.92. The molecule has 0 aliphatic carbocycles. The predicted octanol–water partition coefficient (Wildman–Crippen LogP) is 2.35. The first-order valence-electron chi connectivity index (χ1n) is 10.7. The molecule has 188 valence electrons. The van der Waals surface area contributed by atoms with Gasteiger partial charge in [0.25, 0.3) is 0 Å². The first-order valence-corrected chi connectivity index (χ1v) is 12.1. The van der Waals surface area contributed by atoms with Crippen molar-refractivity contribution in [2.24, 2.45) is 5.92 Å². The van der Waals surface area contributed by atoms with E-state index in [0.717, 1.165) is 25.1 Å². The Balaban J connectivity index is 0.000000675. The maximum absolute atomic E-state index is 12.9. The number of hydrogen-bond acceptors (Lipinski definition) is 5. The van der Waals surface area contributed by atoms with E-state index < -0.39 is 22.2 Å². The van der Waals surface area contributed by atoms with Crippen LogP contribution in [0.5, 0.6) is 0 Å². The highest BCUT2D eigenvalue weighted by atomic mass is 32.2. The number of rotatable bonds is 8. The molecule has 1 saturated heterocycles. The van der Waals surface area contributed by atoms with Crippen LogP contribution >= 0.6 is 0 Å². The lowest BCUT2D eigenvalue weighted by Crippen LogP contribution is -2.47. The highest BCUT2D eigenvalue weighted by Gasteiger charge is 2.38. The van der Waals surface area contributed by atoms with Crippen LogP contribution in [-0.4, -0.2) is 80.1 Å². The molecule has 0 radical (unpaired) electrons. The van der Waals surface area contributed by atoms with Gasteiger partial charge in [-0.15, -0.1) is 0 Å². The number of aliphatic carboxylic acids is 1. The predicted molar refractivity (Wildman–Crippen MR) is 117 cm³/mol. The number of alkyl halides is 3. The number of benzene rings is 1. The fraction of sp³-hybridized carbons (Fsp3) is 0.619. The second-order valence-corrected chi connectivity index (χ2v) is 9.86. The summed E-state index contributed by atoms with van der Waals surface area (Å²) in [5, 5.41) is 10.3. The number of piperazine rings is 1. The van der Waals surface area contributed by atoms with Crippen molar-refractivity contribution in [1.29, 1.82) is 0 Å². The standard InChI is InChI=1S/C19H31N3O3S.C2HF3O2/c1-4-22(12-9-19(23)21-13-10-20-11-14-21)26(24,25)18-7-5-17(6-8-18)15-16(2)3;3-2(4,5)1(6)7/h5-8,16,20H,4,9-15H2,1-3H3;(H,6,7). The van der Waals surface area contributed by atoms with E-state index in [4.69, 9.17) is 9.90 Å². The summed E-state index contributed by atoms with van der Waals surface area (Å²) in [6.45, 7) is 9.62. The van der Waals surface area contributed by atoms with Crippen molar-refractivity contribution in [3.63, 3.8) is 0 Å². The van der Waals surface area contributed by atoms with E-state index in [1.54, 1.807) is 24.0 Å². The fourth-order valence-electron chi connectivity index (χ4n) is 3.16. The molecule has 1 aromatic carbocycles. The van der Waals surface area contributed by atoms with Crippen molar-refractivity contribution in [2.45, 2.75) is 44.7 Å². The van der Waals surface area contributed by atoms with E-state index in [2.05, 4.69) is 19.2 Å². The van der Waals surface area contributed by atoms with Crippen molar-refractivity contribution >= 4 is 21.9 Å². The molecular formula is C21H32F3N3O5S. The summed E-state index contributed by atoms with van der Waals surface area (Å²) in [7, 11) is -3.57. The average molecular weight is 496 g/mol. The average Bonchev–Trinajstić information content (AvgIpc) is 2.74. The fourth-order valence-corrected chi connectivity index (χ4v) is 4.61. The normalized spacial score (nSPS) is 14.7. The van der Waals surface area contributed by atoms with Gasteiger partial charge < -0.3 is 15.3 Å². The number of carbonyl (C=O) groups excluding carboxylic acids is 1. The molecule has 2 N–H and O–H groups in total. The molecule has 12 heteroatoms. The number of amides is 1. The van der Waals surface area contributed by atoms with Crippen LogP contribution in [0.25, 0.3) is 0 Å². The van der Waals surface area contributed by atoms with E-state index in [9.17, 15) is 26.4 Å². The highest BCUT2D eigenvalue weighted by molar-refractivity contribution is 7.89. The molecule has 0 atom stereocenters. The molecule has 0 unspecified atom stereocenters. The maximum atomic E-state index is 12.9. The molecule has 0 aromatic heterocycles. The Morgan fingerprint density at radius 1 is 1.15 bits per heavy atom. The Bertz CT molecular complexity index is 868. The summed E-state index contributed by atoms with van der Waals surface area (Å²) in [6.07, 6.45) is -3.94. The van der Waals surface area contributed by atoms with Crippen molar-refractivity contribution in [3.8, 4) is 0 Å². The van der Waals surface area contributed by atoms with Gasteiger partial charge in [-0.05, 0) is 30.0 Å². The van der Waals surface area contributed by atoms with Crippen molar-refractivity contribution in [2.75, 3.05) is 39.3 Å². The highest BCUT2D eigenvalue weighted by Crippen LogP contribution is 2.18. The molecular weight excluding hydrogens is 463 g/mol. The van der Waals surface area contributed by atoms with E-state index in [1.807, 2.05) is 12.1 Å². The van der Waals surface area contributed by atoms with Crippen molar-refractivity contribution < 1.29 is 36.3 Å². The van der Waals surface area contributed by atoms with Gasteiger partial charge in [0.05, 0.1) is 4.90 Å². The summed E-state index contributed by atoms with van der Waals surface area (Å²) in [4.78, 5) is 23.3. The second kappa shape index (κ2) is 12.9. The summed E-state index contributed by atoms with van der Waals surface area (Å²) in [6, 6.07) is 7.11. The third kappa shape index (κ3) is 9.68. The van der Waals surface area contributed by atoms with Gasteiger partial charge in [-0.3, -0.25) is 4.79 Å². The van der Waals surface area contributed by atoms with E-state index in [0.29, 0.717) is 30.4 Å². The van der Waals surface area contributed by atoms with Crippen LogP contribution < -0.4 is 5.32 Å². The molecule has 0 saturated carbocycles. The van der Waals surface area contributed by atoms with Crippen LogP contribution in [0.2, 0.25) is 0 Å². The van der Waals surface area contributed by atoms with Crippen LogP contribution in [0.4, 0.5) is 13.2 Å². The van der Waals surface area contributed by atoms with Crippen LogP contribution in [-0.2, 0) is 26.0 Å². The van der Waals surface area contributed by atoms with E-state index in [1.165, 1.54) is 4.31 Å². The quantitative estimate of drug-likeness (QED) is 0.574. The largest absolute Gasteiger partial charge is 0.490 e. The lowest BCUT2D eigenvalue weighted by molar-refractivity contribution is -0.192. The first kappa shape index (κ1) is 28.9. The molecule has 1 aliphatic heterocycles. The van der Waals surface area contributed by atoms with Gasteiger partial charge in [-0.2, -0.15) is 17.5 Å². The zero-order valence-corrected chi connectivity index (χ0v) is 19.9. The number of hydrogen-bond donors (Lipinski definition) is 2. The summed E-state index contributed by atoms with van der Waals surface area (Å²) in [5.74, 6) is -2.21.